The van der Waals surface area contributed by atoms with Crippen molar-refractivity contribution in [1.29, 1.82) is 0 Å². The summed E-state index contributed by atoms with van der Waals surface area (Å²) in [5.41, 5.74) is 2.45. The first-order valence-corrected chi connectivity index (χ1v) is 6.97. The van der Waals surface area contributed by atoms with E-state index < -0.39 is 0 Å². The number of nitrogens with one attached hydrogen (secondary N) is 1. The maximum atomic E-state index is 11.9. The van der Waals surface area contributed by atoms with Crippen LogP contribution in [0.5, 0.6) is 5.75 Å². The Morgan fingerprint density at radius 3 is 2.74 bits per heavy atom. The molecule has 0 bridgehead atoms. The van der Waals surface area contributed by atoms with Crippen LogP contribution in [0.25, 0.3) is 0 Å². The highest BCUT2D eigenvalue weighted by atomic mass is 16.5. The van der Waals surface area contributed by atoms with Crippen LogP contribution in [0.1, 0.15) is 44.2 Å². The number of carbonyl (C=O) groups is 1. The normalized spacial score (nSPS) is 28.1. The minimum absolute atomic E-state index is 0.0516. The van der Waals surface area contributed by atoms with Crippen molar-refractivity contribution in [3.05, 3.63) is 29.3 Å². The molecular weight excluding hydrogens is 238 g/mol. The van der Waals surface area contributed by atoms with E-state index in [1.807, 2.05) is 6.07 Å². The summed E-state index contributed by atoms with van der Waals surface area (Å²) in [6, 6.07) is 6.31. The SMILES string of the molecule is COc1ccc2c(c1)CCCC21CC(=O)NC1(C)C. The van der Waals surface area contributed by atoms with Gasteiger partial charge in [0.25, 0.3) is 0 Å². The number of fused-ring (bicyclic) bond motifs is 2. The summed E-state index contributed by atoms with van der Waals surface area (Å²) in [7, 11) is 1.70. The average molecular weight is 259 g/mol. The quantitative estimate of drug-likeness (QED) is 0.841. The molecule has 102 valence electrons. The van der Waals surface area contributed by atoms with Gasteiger partial charge in [0.15, 0.2) is 0 Å². The third-order valence-corrected chi connectivity index (χ3v) is 4.99. The van der Waals surface area contributed by atoms with E-state index in [0.717, 1.165) is 25.0 Å². The fourth-order valence-electron chi connectivity index (χ4n) is 3.93. The number of ether oxygens (including phenoxy) is 1. The number of hydrogen-bond donors (Lipinski definition) is 1. The highest BCUT2D eigenvalue weighted by Gasteiger charge is 2.54. The van der Waals surface area contributed by atoms with Gasteiger partial charge in [-0.05, 0) is 56.4 Å². The third kappa shape index (κ3) is 1.67. The molecule has 1 spiro atoms. The number of carbonyl (C=O) groups excluding carboxylic acids is 1. The number of hydrogen-bond acceptors (Lipinski definition) is 2. The third-order valence-electron chi connectivity index (χ3n) is 4.99. The maximum Gasteiger partial charge on any atom is 0.221 e. The monoisotopic (exact) mass is 259 g/mol. The lowest BCUT2D eigenvalue weighted by atomic mass is 9.60. The Labute approximate surface area is 114 Å². The molecule has 2 aliphatic rings. The van der Waals surface area contributed by atoms with Crippen molar-refractivity contribution in [3.8, 4) is 5.75 Å². The van der Waals surface area contributed by atoms with Gasteiger partial charge in [-0.15, -0.1) is 0 Å². The van der Waals surface area contributed by atoms with Crippen LogP contribution in [0.15, 0.2) is 18.2 Å². The molecule has 3 nitrogen and oxygen atoms in total. The Hall–Kier alpha value is -1.51. The predicted molar refractivity (Wildman–Crippen MR) is 74.4 cm³/mol. The van der Waals surface area contributed by atoms with E-state index in [1.54, 1.807) is 7.11 Å². The van der Waals surface area contributed by atoms with Crippen molar-refractivity contribution in [1.82, 2.24) is 5.32 Å². The van der Waals surface area contributed by atoms with E-state index in [9.17, 15) is 4.79 Å². The minimum Gasteiger partial charge on any atom is -0.497 e. The summed E-state index contributed by atoms with van der Waals surface area (Å²) in [5.74, 6) is 1.08. The molecule has 3 rings (SSSR count). The van der Waals surface area contributed by atoms with Gasteiger partial charge in [-0.1, -0.05) is 6.07 Å². The molecule has 1 unspecified atom stereocenters. The zero-order valence-electron chi connectivity index (χ0n) is 11.9. The smallest absolute Gasteiger partial charge is 0.221 e. The van der Waals surface area contributed by atoms with Crippen LogP contribution in [0, 0.1) is 0 Å². The highest BCUT2D eigenvalue weighted by Crippen LogP contribution is 2.50. The first-order chi connectivity index (χ1) is 8.98. The van der Waals surface area contributed by atoms with E-state index >= 15 is 0 Å². The molecule has 1 saturated heterocycles. The number of rotatable bonds is 1. The van der Waals surface area contributed by atoms with Crippen molar-refractivity contribution in [2.45, 2.75) is 50.5 Å². The Morgan fingerprint density at radius 1 is 1.32 bits per heavy atom. The summed E-state index contributed by atoms with van der Waals surface area (Å²) >= 11 is 0. The van der Waals surface area contributed by atoms with E-state index in [-0.39, 0.29) is 16.9 Å². The number of aryl methyl sites for hydroxylation is 1. The summed E-state index contributed by atoms with van der Waals surface area (Å²) in [6.07, 6.45) is 3.91. The molecule has 1 fully saturated rings. The molecule has 1 atom stereocenters. The first kappa shape index (κ1) is 12.5. The van der Waals surface area contributed by atoms with Gasteiger partial charge < -0.3 is 10.1 Å². The summed E-state index contributed by atoms with van der Waals surface area (Å²) in [6.45, 7) is 4.30. The molecule has 1 heterocycles. The molecule has 0 radical (unpaired) electrons. The highest BCUT2D eigenvalue weighted by molar-refractivity contribution is 5.83. The minimum atomic E-state index is -0.173. The molecule has 3 heteroatoms. The van der Waals surface area contributed by atoms with E-state index in [2.05, 4.69) is 31.3 Å². The van der Waals surface area contributed by atoms with Gasteiger partial charge in [0.1, 0.15) is 5.75 Å². The lowest BCUT2D eigenvalue weighted by molar-refractivity contribution is -0.119. The molecule has 0 aromatic heterocycles. The van der Waals surface area contributed by atoms with Crippen molar-refractivity contribution in [2.24, 2.45) is 0 Å². The lowest BCUT2D eigenvalue weighted by Crippen LogP contribution is -2.51. The first-order valence-electron chi connectivity index (χ1n) is 6.97. The molecular formula is C16H21NO2. The van der Waals surface area contributed by atoms with Crippen molar-refractivity contribution in [3.63, 3.8) is 0 Å². The summed E-state index contributed by atoms with van der Waals surface area (Å²) in [4.78, 5) is 11.9. The van der Waals surface area contributed by atoms with Gasteiger partial charge >= 0.3 is 0 Å². The maximum absolute atomic E-state index is 11.9. The second kappa shape index (κ2) is 3.99. The predicted octanol–water partition coefficient (Wildman–Crippen LogP) is 2.57. The largest absolute Gasteiger partial charge is 0.497 e. The lowest BCUT2D eigenvalue weighted by Gasteiger charge is -2.44. The van der Waals surface area contributed by atoms with Crippen molar-refractivity contribution < 1.29 is 9.53 Å². The van der Waals surface area contributed by atoms with Crippen LogP contribution < -0.4 is 10.1 Å². The number of methoxy groups -OCH3 is 1. The summed E-state index contributed by atoms with van der Waals surface area (Å²) in [5, 5.41) is 3.15. The standard InChI is InChI=1S/C16H21NO2/c1-15(2)16(10-14(18)17-15)8-4-5-11-9-12(19-3)6-7-13(11)16/h6-7,9H,4-5,8,10H2,1-3H3,(H,17,18). The van der Waals surface area contributed by atoms with Crippen molar-refractivity contribution >= 4 is 5.91 Å². The van der Waals surface area contributed by atoms with Gasteiger partial charge in [-0.2, -0.15) is 0 Å². The van der Waals surface area contributed by atoms with E-state index in [4.69, 9.17) is 4.74 Å². The fraction of sp³-hybridized carbons (Fsp3) is 0.562. The Kier molecular flexibility index (Phi) is 2.63. The van der Waals surface area contributed by atoms with E-state index in [1.165, 1.54) is 11.1 Å². The topological polar surface area (TPSA) is 38.3 Å². The fourth-order valence-corrected chi connectivity index (χ4v) is 3.93. The Morgan fingerprint density at radius 2 is 2.11 bits per heavy atom. The van der Waals surface area contributed by atoms with Gasteiger partial charge in [0.05, 0.1) is 7.11 Å². The number of amides is 1. The molecule has 1 aromatic rings. The summed E-state index contributed by atoms with van der Waals surface area (Å²) < 4.78 is 5.32. The van der Waals surface area contributed by atoms with Crippen LogP contribution in [-0.2, 0) is 16.6 Å². The zero-order chi connectivity index (χ0) is 13.7. The van der Waals surface area contributed by atoms with Crippen molar-refractivity contribution in [2.75, 3.05) is 7.11 Å². The van der Waals surface area contributed by atoms with Crippen LogP contribution in [-0.4, -0.2) is 18.6 Å². The van der Waals surface area contributed by atoms with Crippen LogP contribution in [0.4, 0.5) is 0 Å². The van der Waals surface area contributed by atoms with Crippen LogP contribution in [0.2, 0.25) is 0 Å². The van der Waals surface area contributed by atoms with Gasteiger partial charge in [0, 0.05) is 17.4 Å². The van der Waals surface area contributed by atoms with Gasteiger partial charge in [-0.25, -0.2) is 0 Å². The van der Waals surface area contributed by atoms with E-state index in [0.29, 0.717) is 6.42 Å². The van der Waals surface area contributed by atoms with Gasteiger partial charge in [0.2, 0.25) is 5.91 Å². The molecule has 0 saturated carbocycles. The molecule has 1 aliphatic carbocycles. The molecule has 1 N–H and O–H groups in total. The Balaban J connectivity index is 2.15. The molecule has 19 heavy (non-hydrogen) atoms. The number of benzene rings is 1. The Bertz CT molecular complexity index is 536. The van der Waals surface area contributed by atoms with Crippen LogP contribution >= 0.6 is 0 Å². The van der Waals surface area contributed by atoms with Gasteiger partial charge in [-0.3, -0.25) is 4.79 Å². The zero-order valence-corrected chi connectivity index (χ0v) is 11.9. The second-order valence-electron chi connectivity index (χ2n) is 6.31. The second-order valence-corrected chi connectivity index (χ2v) is 6.31. The van der Waals surface area contributed by atoms with Crippen LogP contribution in [0.3, 0.4) is 0 Å². The molecule has 1 amide bonds. The molecule has 1 aliphatic heterocycles. The molecule has 1 aromatic carbocycles. The average Bonchev–Trinajstić information content (AvgIpc) is 2.59.